The summed E-state index contributed by atoms with van der Waals surface area (Å²) in [4.78, 5) is 22.2. The number of carbonyl (C=O) groups is 1. The van der Waals surface area contributed by atoms with Crippen LogP contribution in [0.15, 0.2) is 60.5 Å². The number of aromatic nitrogens is 5. The summed E-state index contributed by atoms with van der Waals surface area (Å²) in [5, 5.41) is 13.1. The van der Waals surface area contributed by atoms with Gasteiger partial charge in [-0.05, 0) is 55.5 Å². The standard InChI is InChI=1S/C35H32F2N6O3S/c1-5-29(44)38-18(2)24-17-26(42-41-24)33-31(30-23(37)15-21(36)16-28(30)46-12-11-45-4)34-22(10-13-47-34)32(40-33)20-8-9-27-25(14-20)39-35(43(27)3)19-6-7-19/h5,8-10,13-19H,1,6-7,11-12H2,2-4H3,(H,38,44)(H,41,42)/t18-/m1/s1. The number of rotatable bonds is 11. The third-order valence-electron chi connectivity index (χ3n) is 8.40. The molecular formula is C35H32F2N6O3S. The number of H-pyrrole nitrogens is 1. The Morgan fingerprint density at radius 3 is 2.74 bits per heavy atom. The zero-order chi connectivity index (χ0) is 32.8. The molecule has 1 aliphatic rings. The van der Waals surface area contributed by atoms with E-state index in [0.717, 1.165) is 51.4 Å². The number of fused-ring (bicyclic) bond motifs is 2. The largest absolute Gasteiger partial charge is 0.490 e. The van der Waals surface area contributed by atoms with Gasteiger partial charge >= 0.3 is 0 Å². The molecule has 12 heteroatoms. The number of carbonyl (C=O) groups excluding carboxylic acids is 1. The van der Waals surface area contributed by atoms with E-state index in [1.165, 1.54) is 30.6 Å². The van der Waals surface area contributed by atoms with Crippen molar-refractivity contribution in [3.05, 3.63) is 83.7 Å². The van der Waals surface area contributed by atoms with E-state index in [2.05, 4.69) is 32.7 Å². The molecule has 0 unspecified atom stereocenters. The third kappa shape index (κ3) is 5.68. The zero-order valence-electron chi connectivity index (χ0n) is 26.1. The Bertz CT molecular complexity index is 2170. The number of aromatic amines is 1. The zero-order valence-corrected chi connectivity index (χ0v) is 26.9. The van der Waals surface area contributed by atoms with Crippen LogP contribution in [0.5, 0.6) is 5.75 Å². The lowest BCUT2D eigenvalue weighted by atomic mass is 9.96. The molecule has 1 fully saturated rings. The van der Waals surface area contributed by atoms with Gasteiger partial charge in [0.25, 0.3) is 0 Å². The van der Waals surface area contributed by atoms with Crippen molar-refractivity contribution in [1.29, 1.82) is 0 Å². The van der Waals surface area contributed by atoms with E-state index in [4.69, 9.17) is 19.4 Å². The van der Waals surface area contributed by atoms with Crippen LogP contribution in [-0.2, 0) is 16.6 Å². The van der Waals surface area contributed by atoms with E-state index < -0.39 is 17.7 Å². The Balaban J connectivity index is 1.46. The molecule has 2 aromatic carbocycles. The van der Waals surface area contributed by atoms with Gasteiger partial charge < -0.3 is 19.4 Å². The fraction of sp³-hybridized carbons (Fsp3) is 0.257. The number of benzene rings is 2. The van der Waals surface area contributed by atoms with Crippen molar-refractivity contribution in [1.82, 2.24) is 30.0 Å². The van der Waals surface area contributed by atoms with Crippen molar-refractivity contribution in [2.75, 3.05) is 20.3 Å². The molecule has 9 nitrogen and oxygen atoms in total. The summed E-state index contributed by atoms with van der Waals surface area (Å²) in [6.45, 7) is 5.64. The fourth-order valence-corrected chi connectivity index (χ4v) is 6.85. The van der Waals surface area contributed by atoms with Gasteiger partial charge in [0.05, 0.1) is 40.6 Å². The molecule has 0 spiro atoms. The molecule has 4 heterocycles. The van der Waals surface area contributed by atoms with Gasteiger partial charge in [0.15, 0.2) is 0 Å². The minimum absolute atomic E-state index is 0.0231. The van der Waals surface area contributed by atoms with E-state index in [0.29, 0.717) is 34.3 Å². The van der Waals surface area contributed by atoms with Crippen LogP contribution in [-0.4, -0.2) is 51.0 Å². The molecule has 0 aliphatic heterocycles. The number of aryl methyl sites for hydroxylation is 1. The molecule has 2 N–H and O–H groups in total. The molecule has 7 rings (SSSR count). The van der Waals surface area contributed by atoms with Crippen molar-refractivity contribution in [3.8, 4) is 39.5 Å². The van der Waals surface area contributed by atoms with Gasteiger partial charge in [-0.25, -0.2) is 18.7 Å². The number of methoxy groups -OCH3 is 1. The first kappa shape index (κ1) is 30.7. The summed E-state index contributed by atoms with van der Waals surface area (Å²) >= 11 is 1.42. The highest BCUT2D eigenvalue weighted by molar-refractivity contribution is 7.18. The quantitative estimate of drug-likeness (QED) is 0.111. The molecule has 0 saturated heterocycles. The molecule has 0 bridgehead atoms. The number of hydrogen-bond donors (Lipinski definition) is 2. The Hall–Kier alpha value is -4.94. The van der Waals surface area contributed by atoms with E-state index in [-0.39, 0.29) is 30.4 Å². The number of hydrogen-bond acceptors (Lipinski definition) is 7. The number of nitrogens with one attached hydrogen (secondary N) is 2. The SMILES string of the molecule is C=CC(=O)N[C@H](C)c1cc(-c2nc(-c3ccc4c(c3)nc(C3CC3)n4C)c3ccsc3c2-c2c(F)cc(F)cc2OCCOC)n[nH]1. The number of imidazole rings is 1. The van der Waals surface area contributed by atoms with Crippen LogP contribution in [0.25, 0.3) is 54.9 Å². The lowest BCUT2D eigenvalue weighted by molar-refractivity contribution is -0.117. The van der Waals surface area contributed by atoms with E-state index >= 15 is 4.39 Å². The highest BCUT2D eigenvalue weighted by atomic mass is 32.1. The van der Waals surface area contributed by atoms with E-state index in [9.17, 15) is 9.18 Å². The number of ether oxygens (including phenoxy) is 2. The van der Waals surface area contributed by atoms with Gasteiger partial charge in [0, 0.05) is 53.4 Å². The first-order chi connectivity index (χ1) is 22.8. The number of halogens is 2. The summed E-state index contributed by atoms with van der Waals surface area (Å²) in [5.41, 5.74) is 5.27. The van der Waals surface area contributed by atoms with Crippen LogP contribution in [0, 0.1) is 11.6 Å². The Morgan fingerprint density at radius 1 is 1.15 bits per heavy atom. The highest BCUT2D eigenvalue weighted by Gasteiger charge is 2.30. The van der Waals surface area contributed by atoms with Crippen molar-refractivity contribution in [2.24, 2.45) is 7.05 Å². The molecule has 1 amide bonds. The van der Waals surface area contributed by atoms with Crippen molar-refractivity contribution in [3.63, 3.8) is 0 Å². The lowest BCUT2D eigenvalue weighted by Crippen LogP contribution is -2.24. The molecule has 1 aliphatic carbocycles. The summed E-state index contributed by atoms with van der Waals surface area (Å²) in [7, 11) is 3.57. The molecule has 47 heavy (non-hydrogen) atoms. The number of thiophene rings is 1. The Labute approximate surface area is 273 Å². The maximum Gasteiger partial charge on any atom is 0.243 e. The lowest BCUT2D eigenvalue weighted by Gasteiger charge is -2.17. The van der Waals surface area contributed by atoms with Crippen LogP contribution in [0.2, 0.25) is 0 Å². The van der Waals surface area contributed by atoms with Gasteiger partial charge in [-0.2, -0.15) is 5.10 Å². The fourth-order valence-electron chi connectivity index (χ4n) is 5.91. The molecule has 4 aromatic heterocycles. The number of pyridine rings is 1. The predicted octanol–water partition coefficient (Wildman–Crippen LogP) is 7.45. The van der Waals surface area contributed by atoms with Crippen molar-refractivity contribution >= 4 is 38.4 Å². The molecule has 1 saturated carbocycles. The van der Waals surface area contributed by atoms with Crippen LogP contribution in [0.1, 0.15) is 43.2 Å². The maximum atomic E-state index is 16.0. The summed E-state index contributed by atoms with van der Waals surface area (Å²) < 4.78 is 44.5. The van der Waals surface area contributed by atoms with E-state index in [1.807, 2.05) is 30.6 Å². The van der Waals surface area contributed by atoms with Gasteiger partial charge in [-0.1, -0.05) is 12.6 Å². The Morgan fingerprint density at radius 2 is 1.98 bits per heavy atom. The van der Waals surface area contributed by atoms with Gasteiger partial charge in [-0.15, -0.1) is 11.3 Å². The minimum Gasteiger partial charge on any atom is -0.490 e. The first-order valence-electron chi connectivity index (χ1n) is 15.2. The average molecular weight is 655 g/mol. The van der Waals surface area contributed by atoms with Gasteiger partial charge in [-0.3, -0.25) is 9.89 Å². The molecule has 0 radical (unpaired) electrons. The summed E-state index contributed by atoms with van der Waals surface area (Å²) in [6.07, 6.45) is 3.48. The van der Waals surface area contributed by atoms with Crippen LogP contribution < -0.4 is 10.1 Å². The second kappa shape index (κ2) is 12.3. The van der Waals surface area contributed by atoms with Crippen LogP contribution in [0.3, 0.4) is 0 Å². The monoisotopic (exact) mass is 654 g/mol. The van der Waals surface area contributed by atoms with Gasteiger partial charge in [0.2, 0.25) is 5.91 Å². The van der Waals surface area contributed by atoms with Gasteiger partial charge in [0.1, 0.15) is 41.2 Å². The number of amides is 1. The highest BCUT2D eigenvalue weighted by Crippen LogP contribution is 2.47. The summed E-state index contributed by atoms with van der Waals surface area (Å²) in [5.74, 6) is -0.313. The first-order valence-corrected chi connectivity index (χ1v) is 16.1. The molecular weight excluding hydrogens is 622 g/mol. The van der Waals surface area contributed by atoms with Crippen molar-refractivity contribution < 1.29 is 23.0 Å². The number of nitrogens with zero attached hydrogens (tertiary/aromatic N) is 4. The van der Waals surface area contributed by atoms with Crippen molar-refractivity contribution in [2.45, 2.75) is 31.7 Å². The average Bonchev–Trinajstić information content (AvgIpc) is 3.42. The van der Waals surface area contributed by atoms with E-state index in [1.54, 1.807) is 13.0 Å². The van der Waals surface area contributed by atoms with Crippen LogP contribution in [0.4, 0.5) is 8.78 Å². The predicted molar refractivity (Wildman–Crippen MR) is 178 cm³/mol. The molecule has 6 aromatic rings. The topological polar surface area (TPSA) is 107 Å². The second-order valence-electron chi connectivity index (χ2n) is 11.6. The Kier molecular flexibility index (Phi) is 8.06. The summed E-state index contributed by atoms with van der Waals surface area (Å²) in [6, 6.07) is 11.4. The smallest absolute Gasteiger partial charge is 0.243 e. The normalized spacial score (nSPS) is 13.7. The third-order valence-corrected chi connectivity index (χ3v) is 9.34. The molecule has 240 valence electrons. The van der Waals surface area contributed by atoms with Crippen LogP contribution >= 0.6 is 11.3 Å². The second-order valence-corrected chi connectivity index (χ2v) is 12.5. The molecule has 1 atom stereocenters. The maximum absolute atomic E-state index is 16.0. The minimum atomic E-state index is -0.798.